The van der Waals surface area contributed by atoms with E-state index in [0.717, 1.165) is 16.6 Å². The summed E-state index contributed by atoms with van der Waals surface area (Å²) in [6.07, 6.45) is -4.90. The lowest BCUT2D eigenvalue weighted by Gasteiger charge is -2.10. The first-order valence-corrected chi connectivity index (χ1v) is 12.6. The van der Waals surface area contributed by atoms with E-state index in [-0.39, 0.29) is 9.50 Å². The molecule has 0 radical (unpaired) electrons. The van der Waals surface area contributed by atoms with Crippen LogP contribution in [-0.4, -0.2) is 30.8 Å². The summed E-state index contributed by atoms with van der Waals surface area (Å²) in [5.74, 6) is 0.0472. The molecule has 2 aromatic carbocycles. The van der Waals surface area contributed by atoms with Crippen LogP contribution in [0.1, 0.15) is 15.4 Å². The maximum Gasteiger partial charge on any atom is 0.435 e. The molecule has 0 bridgehead atoms. The van der Waals surface area contributed by atoms with Crippen LogP contribution in [0.5, 0.6) is 11.5 Å². The lowest BCUT2D eigenvalue weighted by Crippen LogP contribution is -2.11. The molecule has 0 saturated carbocycles. The standard InChI is InChI=1S/C23H13F3N4O3S3/c24-23(25,26)18-17(20(31)32)35-22(27-18)36-21-29-28-19(16-7-4-12-34-16)30(21)13-8-10-15(11-9-13)33-14-5-2-1-3-6-14/h1-12H,(H,31,32). The molecule has 1 N–H and O–H groups in total. The number of carboxylic acid groups (broad SMARTS) is 1. The van der Waals surface area contributed by atoms with Crippen molar-refractivity contribution in [1.29, 1.82) is 0 Å². The molecule has 13 heteroatoms. The highest BCUT2D eigenvalue weighted by Gasteiger charge is 2.40. The van der Waals surface area contributed by atoms with Crippen LogP contribution >= 0.6 is 34.4 Å². The summed E-state index contributed by atoms with van der Waals surface area (Å²) in [5.41, 5.74) is -0.799. The fourth-order valence-corrected chi connectivity index (χ4v) is 5.83. The van der Waals surface area contributed by atoms with E-state index in [4.69, 9.17) is 4.74 Å². The number of hydrogen-bond donors (Lipinski definition) is 1. The van der Waals surface area contributed by atoms with E-state index in [2.05, 4.69) is 15.2 Å². The highest BCUT2D eigenvalue weighted by Crippen LogP contribution is 2.41. The lowest BCUT2D eigenvalue weighted by molar-refractivity contribution is -0.141. The van der Waals surface area contributed by atoms with Crippen molar-refractivity contribution in [3.63, 3.8) is 0 Å². The molecule has 0 aliphatic carbocycles. The van der Waals surface area contributed by atoms with Crippen molar-refractivity contribution in [2.75, 3.05) is 0 Å². The maximum absolute atomic E-state index is 13.3. The van der Waals surface area contributed by atoms with Crippen molar-refractivity contribution >= 4 is 40.4 Å². The Kier molecular flexibility index (Phi) is 6.51. The Labute approximate surface area is 213 Å². The number of aromatic nitrogens is 4. The normalized spacial score (nSPS) is 11.5. The second-order valence-electron chi connectivity index (χ2n) is 7.09. The maximum atomic E-state index is 13.3. The van der Waals surface area contributed by atoms with Gasteiger partial charge in [-0.15, -0.1) is 21.5 Å². The van der Waals surface area contributed by atoms with Crippen molar-refractivity contribution in [3.8, 4) is 27.9 Å². The number of nitrogens with zero attached hydrogens (tertiary/aromatic N) is 4. The minimum Gasteiger partial charge on any atom is -0.477 e. The Morgan fingerprint density at radius 3 is 2.31 bits per heavy atom. The molecule has 5 rings (SSSR count). The van der Waals surface area contributed by atoms with Gasteiger partial charge in [0.25, 0.3) is 0 Å². The first-order chi connectivity index (χ1) is 17.3. The fourth-order valence-electron chi connectivity index (χ4n) is 3.18. The quantitative estimate of drug-likeness (QED) is 0.233. The molecule has 3 aromatic heterocycles. The molecule has 0 saturated heterocycles. The van der Waals surface area contributed by atoms with Crippen molar-refractivity contribution < 1.29 is 27.8 Å². The van der Waals surface area contributed by atoms with Gasteiger partial charge in [-0.2, -0.15) is 13.2 Å². The molecule has 0 unspecified atom stereocenters. The number of hydrogen-bond acceptors (Lipinski definition) is 8. The summed E-state index contributed by atoms with van der Waals surface area (Å²) >= 11 is 2.67. The summed E-state index contributed by atoms with van der Waals surface area (Å²) in [6, 6.07) is 20.0. The van der Waals surface area contributed by atoms with E-state index in [1.165, 1.54) is 11.3 Å². The Morgan fingerprint density at radius 2 is 1.69 bits per heavy atom. The minimum absolute atomic E-state index is 0.116. The molecule has 0 spiro atoms. The number of rotatable bonds is 7. The molecular formula is C23H13F3N4O3S3. The summed E-state index contributed by atoms with van der Waals surface area (Å²) < 4.78 is 47.3. The third-order valence-corrected chi connectivity index (χ3v) is 7.61. The van der Waals surface area contributed by atoms with Crippen molar-refractivity contribution in [2.24, 2.45) is 0 Å². The molecule has 0 fully saturated rings. The average molecular weight is 547 g/mol. The Balaban J connectivity index is 1.52. The Hall–Kier alpha value is -3.68. The van der Waals surface area contributed by atoms with E-state index in [1.54, 1.807) is 28.8 Å². The van der Waals surface area contributed by atoms with Crippen molar-refractivity contribution in [3.05, 3.63) is 82.7 Å². The molecule has 0 amide bonds. The Bertz CT molecular complexity index is 1500. The van der Waals surface area contributed by atoms with Gasteiger partial charge in [-0.3, -0.25) is 4.57 Å². The second-order valence-corrected chi connectivity index (χ2v) is 10.3. The highest BCUT2D eigenvalue weighted by molar-refractivity contribution is 8.00. The van der Waals surface area contributed by atoms with Gasteiger partial charge in [0.1, 0.15) is 16.4 Å². The summed E-state index contributed by atoms with van der Waals surface area (Å²) in [5, 5.41) is 19.7. The van der Waals surface area contributed by atoms with Gasteiger partial charge in [-0.25, -0.2) is 9.78 Å². The second kappa shape index (κ2) is 9.76. The Morgan fingerprint density at radius 1 is 0.972 bits per heavy atom. The molecule has 3 heterocycles. The predicted octanol–water partition coefficient (Wildman–Crippen LogP) is 7.11. The largest absolute Gasteiger partial charge is 0.477 e. The number of thiazole rings is 1. The summed E-state index contributed by atoms with van der Waals surface area (Å²) in [4.78, 5) is 14.8. The summed E-state index contributed by atoms with van der Waals surface area (Å²) in [6.45, 7) is 0. The van der Waals surface area contributed by atoms with E-state index in [1.807, 2.05) is 47.8 Å². The number of carbonyl (C=O) groups is 1. The van der Waals surface area contributed by atoms with Gasteiger partial charge in [0.2, 0.25) is 5.16 Å². The third kappa shape index (κ3) is 4.98. The first-order valence-electron chi connectivity index (χ1n) is 10.1. The third-order valence-electron chi connectivity index (χ3n) is 4.70. The van der Waals surface area contributed by atoms with Gasteiger partial charge < -0.3 is 9.84 Å². The molecule has 5 aromatic rings. The van der Waals surface area contributed by atoms with Crippen molar-refractivity contribution in [2.45, 2.75) is 15.7 Å². The average Bonchev–Trinajstić information content (AvgIpc) is 3.60. The summed E-state index contributed by atoms with van der Waals surface area (Å²) in [7, 11) is 0. The van der Waals surface area contributed by atoms with Crippen LogP contribution < -0.4 is 4.74 Å². The number of thiophene rings is 1. The number of ether oxygens (including phenoxy) is 1. The highest BCUT2D eigenvalue weighted by atomic mass is 32.2. The first kappa shape index (κ1) is 24.0. The zero-order valence-electron chi connectivity index (χ0n) is 17.8. The SMILES string of the molecule is O=C(O)c1sc(Sc2nnc(-c3cccs3)n2-c2ccc(Oc3ccccc3)cc2)nc1C(F)(F)F. The molecule has 0 aliphatic rings. The molecule has 0 atom stereocenters. The zero-order chi connectivity index (χ0) is 25.3. The van der Waals surface area contributed by atoms with Crippen LogP contribution in [0.3, 0.4) is 0 Å². The van der Waals surface area contributed by atoms with Gasteiger partial charge in [0.05, 0.1) is 10.6 Å². The number of benzene rings is 2. The molecule has 7 nitrogen and oxygen atoms in total. The van der Waals surface area contributed by atoms with Gasteiger partial charge in [0, 0.05) is 0 Å². The lowest BCUT2D eigenvalue weighted by atomic mass is 10.3. The van der Waals surface area contributed by atoms with Crippen LogP contribution in [0.15, 0.2) is 81.6 Å². The van der Waals surface area contributed by atoms with E-state index in [9.17, 15) is 23.1 Å². The van der Waals surface area contributed by atoms with Crippen molar-refractivity contribution in [1.82, 2.24) is 19.7 Å². The number of para-hydroxylation sites is 1. The van der Waals surface area contributed by atoms with Crippen LogP contribution in [0.25, 0.3) is 16.4 Å². The van der Waals surface area contributed by atoms with Gasteiger partial charge >= 0.3 is 12.1 Å². The van der Waals surface area contributed by atoms with E-state index >= 15 is 0 Å². The fraction of sp³-hybridized carbons (Fsp3) is 0.0435. The number of alkyl halides is 3. The number of aromatic carboxylic acids is 1. The molecular weight excluding hydrogens is 533 g/mol. The van der Waals surface area contributed by atoms with E-state index in [0.29, 0.717) is 34.3 Å². The van der Waals surface area contributed by atoms with Gasteiger partial charge in [-0.1, -0.05) is 35.6 Å². The topological polar surface area (TPSA) is 90.1 Å². The van der Waals surface area contributed by atoms with Gasteiger partial charge in [0.15, 0.2) is 15.9 Å². The van der Waals surface area contributed by atoms with E-state index < -0.39 is 22.7 Å². The van der Waals surface area contributed by atoms with Crippen LogP contribution in [0.2, 0.25) is 0 Å². The van der Waals surface area contributed by atoms with Gasteiger partial charge in [-0.05, 0) is 59.6 Å². The number of halogens is 3. The minimum atomic E-state index is -4.90. The molecule has 36 heavy (non-hydrogen) atoms. The predicted molar refractivity (Wildman–Crippen MR) is 129 cm³/mol. The van der Waals surface area contributed by atoms with Crippen LogP contribution in [0, 0.1) is 0 Å². The monoisotopic (exact) mass is 546 g/mol. The van der Waals surface area contributed by atoms with Crippen LogP contribution in [0.4, 0.5) is 13.2 Å². The smallest absolute Gasteiger partial charge is 0.435 e. The molecule has 0 aliphatic heterocycles. The number of carboxylic acids is 1. The van der Waals surface area contributed by atoms with Crippen LogP contribution in [-0.2, 0) is 6.18 Å². The zero-order valence-corrected chi connectivity index (χ0v) is 20.3. The molecule has 182 valence electrons.